The molecule has 1 unspecified atom stereocenters. The van der Waals surface area contributed by atoms with Crippen LogP contribution >= 0.6 is 0 Å². The van der Waals surface area contributed by atoms with Crippen LogP contribution in [0.1, 0.15) is 67.8 Å². The summed E-state index contributed by atoms with van der Waals surface area (Å²) >= 11 is 0. The standard InChI is InChI=1S/C29H28F2N2O5.C2H6/c1-15-10-21(7-9-25(15)38-29(4,5)28(35)36)37-22-12-18(11-20(31)13-22)17(3)32-27(34)26-16(2)23-14-19(30)6-8-24(23)33-26;1-2/h6-14,17,33H,1-5H3,(H,32,34)(H,35,36);1-2H3. The van der Waals surface area contributed by atoms with Crippen LogP contribution in [0.15, 0.2) is 54.6 Å². The molecular formula is C31H34F2N2O5. The SMILES string of the molecule is CC.Cc1cc(Oc2cc(F)cc(C(C)NC(=O)c3[nH]c4ccc(F)cc4c3C)c2)ccc1OC(C)(C)C(=O)O. The van der Waals surface area contributed by atoms with Crippen molar-refractivity contribution < 1.29 is 33.0 Å². The van der Waals surface area contributed by atoms with E-state index >= 15 is 0 Å². The minimum absolute atomic E-state index is 0.220. The Labute approximate surface area is 232 Å². The van der Waals surface area contributed by atoms with Crippen LogP contribution in [0.25, 0.3) is 10.9 Å². The Morgan fingerprint density at radius 1 is 0.950 bits per heavy atom. The van der Waals surface area contributed by atoms with Crippen molar-refractivity contribution in [3.8, 4) is 17.2 Å². The molecule has 9 heteroatoms. The van der Waals surface area contributed by atoms with E-state index in [1.54, 1.807) is 51.1 Å². The van der Waals surface area contributed by atoms with E-state index in [2.05, 4.69) is 10.3 Å². The topological polar surface area (TPSA) is 101 Å². The van der Waals surface area contributed by atoms with E-state index in [4.69, 9.17) is 9.47 Å². The third-order valence-corrected chi connectivity index (χ3v) is 6.25. The number of carbonyl (C=O) groups is 2. The first-order valence-corrected chi connectivity index (χ1v) is 12.9. The highest BCUT2D eigenvalue weighted by Crippen LogP contribution is 2.31. The fraction of sp³-hybridized carbons (Fsp3) is 0.290. The van der Waals surface area contributed by atoms with E-state index in [1.165, 1.54) is 38.1 Å². The summed E-state index contributed by atoms with van der Waals surface area (Å²) in [4.78, 5) is 27.3. The molecule has 212 valence electrons. The van der Waals surface area contributed by atoms with E-state index in [9.17, 15) is 23.5 Å². The third-order valence-electron chi connectivity index (χ3n) is 6.25. The maximum absolute atomic E-state index is 14.5. The first-order valence-electron chi connectivity index (χ1n) is 12.9. The number of fused-ring (bicyclic) bond motifs is 1. The van der Waals surface area contributed by atoms with Crippen molar-refractivity contribution >= 4 is 22.8 Å². The fourth-order valence-electron chi connectivity index (χ4n) is 4.03. The van der Waals surface area contributed by atoms with Crippen LogP contribution in [0.2, 0.25) is 0 Å². The Bertz CT molecular complexity index is 1540. The van der Waals surface area contributed by atoms with Crippen LogP contribution in [0.3, 0.4) is 0 Å². The van der Waals surface area contributed by atoms with Crippen LogP contribution in [0, 0.1) is 25.5 Å². The number of hydrogen-bond donors (Lipinski definition) is 3. The largest absolute Gasteiger partial charge is 0.478 e. The molecular weight excluding hydrogens is 518 g/mol. The molecule has 0 aliphatic heterocycles. The number of rotatable bonds is 8. The molecule has 3 aromatic carbocycles. The molecule has 1 amide bonds. The molecule has 0 saturated heterocycles. The van der Waals surface area contributed by atoms with Crippen molar-refractivity contribution in [1.29, 1.82) is 0 Å². The average Bonchev–Trinajstić information content (AvgIpc) is 3.22. The molecule has 0 aliphatic carbocycles. The van der Waals surface area contributed by atoms with Gasteiger partial charge in [0.05, 0.1) is 6.04 Å². The Morgan fingerprint density at radius 3 is 2.30 bits per heavy atom. The van der Waals surface area contributed by atoms with Gasteiger partial charge in [-0.3, -0.25) is 4.79 Å². The zero-order chi connectivity index (χ0) is 29.8. The van der Waals surface area contributed by atoms with Crippen LogP contribution in [-0.2, 0) is 4.79 Å². The minimum Gasteiger partial charge on any atom is -0.478 e. The highest BCUT2D eigenvalue weighted by molar-refractivity contribution is 6.01. The summed E-state index contributed by atoms with van der Waals surface area (Å²) in [7, 11) is 0. The minimum atomic E-state index is -1.41. The Kier molecular flexibility index (Phi) is 9.19. The molecule has 1 aromatic heterocycles. The smallest absolute Gasteiger partial charge is 0.347 e. The van der Waals surface area contributed by atoms with Crippen molar-refractivity contribution in [3.05, 3.63) is 88.6 Å². The Balaban J connectivity index is 0.00000216. The van der Waals surface area contributed by atoms with Gasteiger partial charge in [-0.2, -0.15) is 0 Å². The fourth-order valence-corrected chi connectivity index (χ4v) is 4.03. The first-order chi connectivity index (χ1) is 18.8. The summed E-state index contributed by atoms with van der Waals surface area (Å²) in [6.45, 7) is 12.1. The first kappa shape index (κ1) is 30.1. The molecule has 40 heavy (non-hydrogen) atoms. The lowest BCUT2D eigenvalue weighted by molar-refractivity contribution is -0.152. The van der Waals surface area contributed by atoms with Gasteiger partial charge in [-0.1, -0.05) is 13.8 Å². The van der Waals surface area contributed by atoms with Crippen LogP contribution in [0.5, 0.6) is 17.2 Å². The number of aromatic amines is 1. The van der Waals surface area contributed by atoms with Crippen molar-refractivity contribution in [2.24, 2.45) is 0 Å². The van der Waals surface area contributed by atoms with Gasteiger partial charge >= 0.3 is 5.97 Å². The van der Waals surface area contributed by atoms with Gasteiger partial charge in [0, 0.05) is 17.0 Å². The van der Waals surface area contributed by atoms with Crippen LogP contribution in [-0.4, -0.2) is 27.6 Å². The summed E-state index contributed by atoms with van der Waals surface area (Å²) in [6, 6.07) is 12.7. The van der Waals surface area contributed by atoms with Gasteiger partial charge in [-0.25, -0.2) is 13.6 Å². The summed E-state index contributed by atoms with van der Waals surface area (Å²) in [5.41, 5.74) is 1.26. The molecule has 4 rings (SSSR count). The number of aliphatic carboxylic acids is 1. The Morgan fingerprint density at radius 2 is 1.65 bits per heavy atom. The van der Waals surface area contributed by atoms with Crippen LogP contribution in [0.4, 0.5) is 8.78 Å². The van der Waals surface area contributed by atoms with E-state index in [0.29, 0.717) is 44.8 Å². The number of carboxylic acids is 1. The predicted molar refractivity (Wildman–Crippen MR) is 150 cm³/mol. The number of carbonyl (C=O) groups excluding carboxylic acids is 1. The molecule has 0 radical (unpaired) electrons. The number of aromatic nitrogens is 1. The quantitative estimate of drug-likeness (QED) is 0.209. The number of aryl methyl sites for hydroxylation is 2. The zero-order valence-electron chi connectivity index (χ0n) is 23.6. The molecule has 0 bridgehead atoms. The monoisotopic (exact) mass is 552 g/mol. The van der Waals surface area contributed by atoms with E-state index in [1.807, 2.05) is 13.8 Å². The molecule has 7 nitrogen and oxygen atoms in total. The number of H-pyrrole nitrogens is 1. The van der Waals surface area contributed by atoms with Gasteiger partial charge in [0.25, 0.3) is 5.91 Å². The molecule has 0 fully saturated rings. The van der Waals surface area contributed by atoms with E-state index < -0.39 is 35.2 Å². The second kappa shape index (κ2) is 12.2. The second-order valence-corrected chi connectivity index (χ2v) is 9.68. The highest BCUT2D eigenvalue weighted by atomic mass is 19.1. The maximum Gasteiger partial charge on any atom is 0.347 e. The van der Waals surface area contributed by atoms with Gasteiger partial charge in [0.15, 0.2) is 5.60 Å². The normalized spacial score (nSPS) is 11.8. The maximum atomic E-state index is 14.5. The summed E-state index contributed by atoms with van der Waals surface area (Å²) in [6.07, 6.45) is 0. The highest BCUT2D eigenvalue weighted by Gasteiger charge is 2.30. The van der Waals surface area contributed by atoms with Crippen molar-refractivity contribution in [3.63, 3.8) is 0 Å². The van der Waals surface area contributed by atoms with Gasteiger partial charge in [-0.05, 0) is 99.8 Å². The molecule has 0 spiro atoms. The zero-order valence-corrected chi connectivity index (χ0v) is 23.6. The second-order valence-electron chi connectivity index (χ2n) is 9.68. The van der Waals surface area contributed by atoms with Crippen LogP contribution < -0.4 is 14.8 Å². The molecule has 4 aromatic rings. The lowest BCUT2D eigenvalue weighted by atomic mass is 10.1. The lowest BCUT2D eigenvalue weighted by Crippen LogP contribution is -2.38. The number of nitrogens with one attached hydrogen (secondary N) is 2. The number of halogens is 2. The average molecular weight is 553 g/mol. The molecule has 1 heterocycles. The van der Waals surface area contributed by atoms with Crippen molar-refractivity contribution in [1.82, 2.24) is 10.3 Å². The number of hydrogen-bond acceptors (Lipinski definition) is 4. The predicted octanol–water partition coefficient (Wildman–Crippen LogP) is 7.61. The van der Waals surface area contributed by atoms with Gasteiger partial charge in [0.1, 0.15) is 34.6 Å². The molecule has 1 atom stereocenters. The van der Waals surface area contributed by atoms with E-state index in [-0.39, 0.29) is 5.75 Å². The summed E-state index contributed by atoms with van der Waals surface area (Å²) in [5.74, 6) is -1.44. The van der Waals surface area contributed by atoms with Crippen molar-refractivity contribution in [2.45, 2.75) is 60.1 Å². The number of carboxylic acid groups (broad SMARTS) is 1. The van der Waals surface area contributed by atoms with Gasteiger partial charge in [0.2, 0.25) is 0 Å². The van der Waals surface area contributed by atoms with Gasteiger partial charge in [-0.15, -0.1) is 0 Å². The lowest BCUT2D eigenvalue weighted by Gasteiger charge is -2.23. The molecule has 0 aliphatic rings. The van der Waals surface area contributed by atoms with Crippen molar-refractivity contribution in [2.75, 3.05) is 0 Å². The number of amides is 1. The molecule has 0 saturated carbocycles. The van der Waals surface area contributed by atoms with E-state index in [0.717, 1.165) is 0 Å². The third kappa shape index (κ3) is 6.77. The number of benzene rings is 3. The summed E-state index contributed by atoms with van der Waals surface area (Å²) < 4.78 is 39.6. The number of ether oxygens (including phenoxy) is 2. The summed E-state index contributed by atoms with van der Waals surface area (Å²) in [5, 5.41) is 12.7. The molecule has 3 N–H and O–H groups in total. The Hall–Kier alpha value is -4.40. The van der Waals surface area contributed by atoms with Gasteiger partial charge < -0.3 is 24.9 Å².